The third kappa shape index (κ3) is 8.77. The van der Waals surface area contributed by atoms with E-state index in [-0.39, 0.29) is 18.4 Å². The van der Waals surface area contributed by atoms with Crippen LogP contribution in [-0.2, 0) is 6.18 Å². The Morgan fingerprint density at radius 1 is 1.25 bits per heavy atom. The summed E-state index contributed by atoms with van der Waals surface area (Å²) in [5.41, 5.74) is -0.765. The van der Waals surface area contributed by atoms with E-state index in [1.165, 1.54) is 12.3 Å². The highest BCUT2D eigenvalue weighted by Gasteiger charge is 2.33. The number of nitrogens with zero attached hydrogens (tertiary/aromatic N) is 3. The fourth-order valence-corrected chi connectivity index (χ4v) is 2.80. The zero-order chi connectivity index (χ0) is 21.0. The molecule has 0 amide bonds. The molecule has 9 heteroatoms. The Bertz CT molecular complexity index is 587. The van der Waals surface area contributed by atoms with Crippen LogP contribution in [0.4, 0.5) is 19.0 Å². The minimum atomic E-state index is -4.43. The van der Waals surface area contributed by atoms with Gasteiger partial charge in [-0.1, -0.05) is 13.8 Å². The topological polar surface area (TPSA) is 64.6 Å². The van der Waals surface area contributed by atoms with Gasteiger partial charge in [0.05, 0.1) is 5.56 Å². The fraction of sp³-hybridized carbons (Fsp3) is 0.684. The Labute approximate surface area is 166 Å². The normalized spacial score (nSPS) is 13.5. The van der Waals surface area contributed by atoms with Crippen molar-refractivity contribution in [3.05, 3.63) is 23.9 Å². The molecule has 0 aliphatic rings. The molecule has 3 N–H and O–H groups in total. The molecule has 1 heterocycles. The Hall–Kier alpha value is -2.03. The minimum Gasteiger partial charge on any atom is -0.368 e. The molecule has 6 nitrogen and oxygen atoms in total. The van der Waals surface area contributed by atoms with Crippen molar-refractivity contribution in [3.63, 3.8) is 0 Å². The number of rotatable bonds is 11. The predicted molar refractivity (Wildman–Crippen MR) is 109 cm³/mol. The first-order chi connectivity index (χ1) is 13.3. The van der Waals surface area contributed by atoms with E-state index in [4.69, 9.17) is 0 Å². The van der Waals surface area contributed by atoms with E-state index in [1.807, 2.05) is 0 Å². The van der Waals surface area contributed by atoms with Crippen molar-refractivity contribution >= 4 is 11.8 Å². The van der Waals surface area contributed by atoms with Gasteiger partial charge in [-0.3, -0.25) is 4.99 Å². The van der Waals surface area contributed by atoms with Crippen LogP contribution < -0.4 is 16.0 Å². The standard InChI is InChI=1S/C19H33F3N6/c1-5-28(6-2)14-8-9-15(3)27-18(23-4)26-13-12-25-17-16(19(20,21)22)10-7-11-24-17/h7,10-11,15H,5-6,8-9,12-14H2,1-4H3,(H,24,25)(H2,23,26,27). The molecule has 1 aromatic heterocycles. The Morgan fingerprint density at radius 3 is 2.57 bits per heavy atom. The van der Waals surface area contributed by atoms with Crippen molar-refractivity contribution in [2.45, 2.75) is 45.8 Å². The smallest absolute Gasteiger partial charge is 0.368 e. The predicted octanol–water partition coefficient (Wildman–Crippen LogP) is 3.19. The van der Waals surface area contributed by atoms with Gasteiger partial charge in [0.2, 0.25) is 0 Å². The Balaban J connectivity index is 2.36. The van der Waals surface area contributed by atoms with Gasteiger partial charge >= 0.3 is 6.18 Å². The first-order valence-corrected chi connectivity index (χ1v) is 9.77. The summed E-state index contributed by atoms with van der Waals surface area (Å²) in [5, 5.41) is 9.15. The van der Waals surface area contributed by atoms with Crippen molar-refractivity contribution in [3.8, 4) is 0 Å². The number of hydrogen-bond acceptors (Lipinski definition) is 4. The van der Waals surface area contributed by atoms with Crippen LogP contribution >= 0.6 is 0 Å². The molecule has 0 saturated carbocycles. The number of anilines is 1. The SMILES string of the molecule is CCN(CC)CCCC(C)NC(=NC)NCCNc1ncccc1C(F)(F)F. The van der Waals surface area contributed by atoms with Gasteiger partial charge in [0.1, 0.15) is 5.82 Å². The van der Waals surface area contributed by atoms with E-state index in [2.05, 4.69) is 51.6 Å². The molecule has 0 fully saturated rings. The molecule has 0 aliphatic heterocycles. The van der Waals surface area contributed by atoms with Crippen LogP contribution in [0.5, 0.6) is 0 Å². The molecule has 160 valence electrons. The van der Waals surface area contributed by atoms with Crippen molar-refractivity contribution in [2.75, 3.05) is 45.1 Å². The summed E-state index contributed by atoms with van der Waals surface area (Å²) in [7, 11) is 1.67. The molecule has 0 radical (unpaired) electrons. The number of aromatic nitrogens is 1. The highest BCUT2D eigenvalue weighted by molar-refractivity contribution is 5.79. The molecule has 0 aromatic carbocycles. The van der Waals surface area contributed by atoms with E-state index in [1.54, 1.807) is 7.05 Å². The van der Waals surface area contributed by atoms with Crippen molar-refractivity contribution in [1.29, 1.82) is 0 Å². The lowest BCUT2D eigenvalue weighted by atomic mass is 10.2. The number of nitrogens with one attached hydrogen (secondary N) is 3. The van der Waals surface area contributed by atoms with Gasteiger partial charge < -0.3 is 20.9 Å². The largest absolute Gasteiger partial charge is 0.419 e. The van der Waals surface area contributed by atoms with E-state index in [9.17, 15) is 13.2 Å². The third-order valence-corrected chi connectivity index (χ3v) is 4.44. The molecule has 1 unspecified atom stereocenters. The number of guanidine groups is 1. The number of pyridine rings is 1. The summed E-state index contributed by atoms with van der Waals surface area (Å²) in [6, 6.07) is 2.55. The highest BCUT2D eigenvalue weighted by Crippen LogP contribution is 2.33. The maximum atomic E-state index is 13.0. The fourth-order valence-electron chi connectivity index (χ4n) is 2.80. The second kappa shape index (κ2) is 12.4. The summed E-state index contributed by atoms with van der Waals surface area (Å²) in [6.07, 6.45) is -0.986. The van der Waals surface area contributed by atoms with E-state index in [0.717, 1.165) is 38.5 Å². The highest BCUT2D eigenvalue weighted by atomic mass is 19.4. The van der Waals surface area contributed by atoms with Gasteiger partial charge in [0, 0.05) is 32.4 Å². The first-order valence-electron chi connectivity index (χ1n) is 9.77. The summed E-state index contributed by atoms with van der Waals surface area (Å²) < 4.78 is 38.9. The maximum Gasteiger partial charge on any atom is 0.419 e. The van der Waals surface area contributed by atoms with Crippen LogP contribution in [0.15, 0.2) is 23.3 Å². The summed E-state index contributed by atoms with van der Waals surface area (Å²) in [4.78, 5) is 10.3. The lowest BCUT2D eigenvalue weighted by molar-refractivity contribution is -0.137. The molecule has 1 atom stereocenters. The Kier molecular flexibility index (Phi) is 10.7. The molecular formula is C19H33F3N6. The molecule has 28 heavy (non-hydrogen) atoms. The van der Waals surface area contributed by atoms with Crippen molar-refractivity contribution < 1.29 is 13.2 Å². The molecule has 0 spiro atoms. The van der Waals surface area contributed by atoms with Gasteiger partial charge in [0.25, 0.3) is 0 Å². The van der Waals surface area contributed by atoms with Gasteiger partial charge in [-0.25, -0.2) is 4.98 Å². The maximum absolute atomic E-state index is 13.0. The quantitative estimate of drug-likeness (QED) is 0.301. The average Bonchev–Trinajstić information content (AvgIpc) is 2.67. The summed E-state index contributed by atoms with van der Waals surface area (Å²) in [5.74, 6) is 0.471. The van der Waals surface area contributed by atoms with Crippen LogP contribution in [0.3, 0.4) is 0 Å². The average molecular weight is 403 g/mol. The van der Waals surface area contributed by atoms with Crippen LogP contribution in [0.25, 0.3) is 0 Å². The van der Waals surface area contributed by atoms with Crippen LogP contribution in [-0.4, -0.2) is 61.7 Å². The van der Waals surface area contributed by atoms with Crippen LogP contribution in [0.2, 0.25) is 0 Å². The van der Waals surface area contributed by atoms with Gasteiger partial charge in [-0.05, 0) is 51.5 Å². The molecule has 1 aromatic rings. The lowest BCUT2D eigenvalue weighted by Crippen LogP contribution is -2.44. The molecule has 0 saturated heterocycles. The molecule has 0 bridgehead atoms. The van der Waals surface area contributed by atoms with Crippen molar-refractivity contribution in [2.24, 2.45) is 4.99 Å². The lowest BCUT2D eigenvalue weighted by Gasteiger charge is -2.21. The van der Waals surface area contributed by atoms with E-state index < -0.39 is 11.7 Å². The van der Waals surface area contributed by atoms with Gasteiger partial charge in [-0.15, -0.1) is 0 Å². The summed E-state index contributed by atoms with van der Waals surface area (Å²) >= 11 is 0. The zero-order valence-corrected chi connectivity index (χ0v) is 17.2. The zero-order valence-electron chi connectivity index (χ0n) is 17.2. The monoisotopic (exact) mass is 402 g/mol. The second-order valence-corrected chi connectivity index (χ2v) is 6.54. The van der Waals surface area contributed by atoms with Crippen LogP contribution in [0.1, 0.15) is 39.2 Å². The number of hydrogen-bond donors (Lipinski definition) is 3. The van der Waals surface area contributed by atoms with Gasteiger partial charge in [-0.2, -0.15) is 13.2 Å². The molecule has 0 aliphatic carbocycles. The third-order valence-electron chi connectivity index (χ3n) is 4.44. The minimum absolute atomic E-state index is 0.162. The van der Waals surface area contributed by atoms with Crippen LogP contribution in [0, 0.1) is 0 Å². The van der Waals surface area contributed by atoms with Gasteiger partial charge in [0.15, 0.2) is 5.96 Å². The number of alkyl halides is 3. The van der Waals surface area contributed by atoms with E-state index in [0.29, 0.717) is 12.5 Å². The molecular weight excluding hydrogens is 369 g/mol. The summed E-state index contributed by atoms with van der Waals surface area (Å²) in [6.45, 7) is 10.3. The number of aliphatic imine (C=N–C) groups is 1. The second-order valence-electron chi connectivity index (χ2n) is 6.54. The van der Waals surface area contributed by atoms with Crippen molar-refractivity contribution in [1.82, 2.24) is 20.5 Å². The van der Waals surface area contributed by atoms with E-state index >= 15 is 0 Å². The first kappa shape index (κ1) is 24.0. The Morgan fingerprint density at radius 2 is 1.96 bits per heavy atom. The molecule has 1 rings (SSSR count). The number of halogens is 3.